The highest BCUT2D eigenvalue weighted by Crippen LogP contribution is 2.17. The molecule has 0 aliphatic rings. The number of nitrogens with one attached hydrogen (secondary N) is 1. The van der Waals surface area contributed by atoms with Gasteiger partial charge in [0.2, 0.25) is 5.91 Å². The highest BCUT2D eigenvalue weighted by atomic mass is 32.2. The molecule has 0 spiro atoms. The molecule has 0 bridgehead atoms. The summed E-state index contributed by atoms with van der Waals surface area (Å²) in [5.41, 5.74) is 3.93. The molecule has 1 amide bonds. The first kappa shape index (κ1) is 17.2. The molecule has 2 rings (SSSR count). The lowest BCUT2D eigenvalue weighted by atomic mass is 9.97. The van der Waals surface area contributed by atoms with E-state index in [1.54, 1.807) is 0 Å². The smallest absolute Gasteiger partial charge is 0.267 e. The Kier molecular flexibility index (Phi) is 4.89. The van der Waals surface area contributed by atoms with Crippen LogP contribution in [0.1, 0.15) is 29.2 Å². The molecule has 0 unspecified atom stereocenters. The van der Waals surface area contributed by atoms with E-state index in [0.29, 0.717) is 6.54 Å². The van der Waals surface area contributed by atoms with E-state index in [4.69, 9.17) is 0 Å². The summed E-state index contributed by atoms with van der Waals surface area (Å²) >= 11 is 0. The molecule has 0 atom stereocenters. The molecule has 1 N–H and O–H groups in total. The van der Waals surface area contributed by atoms with Crippen molar-refractivity contribution in [1.82, 2.24) is 14.5 Å². The third kappa shape index (κ3) is 3.98. The Hall–Kier alpha value is -2.15. The Balaban J connectivity index is 2.16. The van der Waals surface area contributed by atoms with Crippen LogP contribution < -0.4 is 4.72 Å². The van der Waals surface area contributed by atoms with Gasteiger partial charge in [-0.05, 0) is 44.4 Å². The minimum Gasteiger partial charge on any atom is -0.274 e. The van der Waals surface area contributed by atoms with Gasteiger partial charge in [0.25, 0.3) is 10.0 Å². The number of carbonyl (C=O) groups excluding carboxylic acids is 1. The van der Waals surface area contributed by atoms with Crippen molar-refractivity contribution in [3.63, 3.8) is 0 Å². The van der Waals surface area contributed by atoms with Crippen molar-refractivity contribution in [1.29, 1.82) is 0 Å². The Labute approximate surface area is 136 Å². The molecule has 23 heavy (non-hydrogen) atoms. The number of benzene rings is 1. The Morgan fingerprint density at radius 3 is 2.35 bits per heavy atom. The Morgan fingerprint density at radius 1 is 1.22 bits per heavy atom. The van der Waals surface area contributed by atoms with Gasteiger partial charge in [0.05, 0.1) is 12.6 Å². The maximum atomic E-state index is 12.2. The average Bonchev–Trinajstić information content (AvgIpc) is 2.92. The van der Waals surface area contributed by atoms with Gasteiger partial charge < -0.3 is 0 Å². The first-order chi connectivity index (χ1) is 10.7. The van der Waals surface area contributed by atoms with Gasteiger partial charge in [-0.3, -0.25) is 9.48 Å². The maximum Gasteiger partial charge on any atom is 0.267 e. The Bertz CT molecular complexity index is 815. The third-order valence-electron chi connectivity index (χ3n) is 3.67. The molecule has 1 aromatic heterocycles. The van der Waals surface area contributed by atoms with Crippen LogP contribution in [0.4, 0.5) is 0 Å². The summed E-state index contributed by atoms with van der Waals surface area (Å²) in [5, 5.41) is 3.92. The fourth-order valence-electron chi connectivity index (χ4n) is 2.55. The molecule has 7 heteroatoms. The summed E-state index contributed by atoms with van der Waals surface area (Å²) in [5.74, 6) is -0.552. The lowest BCUT2D eigenvalue weighted by Gasteiger charge is -2.11. The third-order valence-corrected chi connectivity index (χ3v) is 5.00. The van der Waals surface area contributed by atoms with Gasteiger partial charge in [0.15, 0.2) is 0 Å². The van der Waals surface area contributed by atoms with E-state index in [1.807, 2.05) is 39.8 Å². The largest absolute Gasteiger partial charge is 0.274 e. The van der Waals surface area contributed by atoms with Crippen molar-refractivity contribution in [3.8, 4) is 0 Å². The lowest BCUT2D eigenvalue weighted by Crippen LogP contribution is -2.32. The number of sulfonamides is 1. The van der Waals surface area contributed by atoms with Crippen LogP contribution in [0, 0.1) is 20.8 Å². The van der Waals surface area contributed by atoms with Gasteiger partial charge >= 0.3 is 0 Å². The fraction of sp³-hybridized carbons (Fsp3) is 0.375. The topological polar surface area (TPSA) is 81.1 Å². The molecule has 1 aromatic carbocycles. The minimum absolute atomic E-state index is 0.00921. The van der Waals surface area contributed by atoms with Crippen molar-refractivity contribution in [2.24, 2.45) is 0 Å². The first-order valence-corrected chi connectivity index (χ1v) is 8.86. The molecule has 0 fully saturated rings. The standard InChI is InChI=1S/C16H21N3O3S/c1-5-19-10-14(9-17-19)23(21,22)18-16(20)8-15-12(3)6-11(2)7-13(15)4/h6-7,9-10H,5,8H2,1-4H3,(H,18,20). The summed E-state index contributed by atoms with van der Waals surface area (Å²) in [6, 6.07) is 3.96. The van der Waals surface area contributed by atoms with Crippen LogP contribution in [0.5, 0.6) is 0 Å². The van der Waals surface area contributed by atoms with E-state index in [2.05, 4.69) is 9.82 Å². The molecule has 1 heterocycles. The van der Waals surface area contributed by atoms with E-state index in [-0.39, 0.29) is 11.3 Å². The molecule has 0 aliphatic carbocycles. The minimum atomic E-state index is -3.89. The van der Waals surface area contributed by atoms with Crippen molar-refractivity contribution in [2.45, 2.75) is 45.6 Å². The maximum absolute atomic E-state index is 12.2. The molecule has 0 aliphatic heterocycles. The van der Waals surface area contributed by atoms with Gasteiger partial charge in [0.1, 0.15) is 4.90 Å². The number of aryl methyl sites for hydroxylation is 4. The molecular formula is C16H21N3O3S. The number of hydrogen-bond donors (Lipinski definition) is 1. The van der Waals surface area contributed by atoms with Gasteiger partial charge in [0, 0.05) is 12.7 Å². The van der Waals surface area contributed by atoms with Crippen LogP contribution in [0.25, 0.3) is 0 Å². The normalized spacial score (nSPS) is 11.5. The zero-order chi connectivity index (χ0) is 17.2. The second-order valence-electron chi connectivity index (χ2n) is 5.61. The number of hydrogen-bond acceptors (Lipinski definition) is 4. The first-order valence-electron chi connectivity index (χ1n) is 7.37. The molecule has 6 nitrogen and oxygen atoms in total. The van der Waals surface area contributed by atoms with Gasteiger partial charge in [-0.25, -0.2) is 13.1 Å². The van der Waals surface area contributed by atoms with Crippen LogP contribution >= 0.6 is 0 Å². The van der Waals surface area contributed by atoms with Crippen LogP contribution in [0.15, 0.2) is 29.4 Å². The number of nitrogens with zero attached hydrogens (tertiary/aromatic N) is 2. The monoisotopic (exact) mass is 335 g/mol. The quantitative estimate of drug-likeness (QED) is 0.904. The second-order valence-corrected chi connectivity index (χ2v) is 7.30. The zero-order valence-corrected chi connectivity index (χ0v) is 14.6. The molecule has 0 saturated carbocycles. The number of rotatable bonds is 5. The molecule has 124 valence electrons. The molecular weight excluding hydrogens is 314 g/mol. The van der Waals surface area contributed by atoms with E-state index in [9.17, 15) is 13.2 Å². The van der Waals surface area contributed by atoms with Gasteiger partial charge in [-0.15, -0.1) is 0 Å². The summed E-state index contributed by atoms with van der Waals surface area (Å²) in [6.45, 7) is 8.24. The van der Waals surface area contributed by atoms with Crippen LogP contribution in [0.2, 0.25) is 0 Å². The summed E-state index contributed by atoms with van der Waals surface area (Å²) < 4.78 is 28.0. The van der Waals surface area contributed by atoms with Crippen molar-refractivity contribution < 1.29 is 13.2 Å². The van der Waals surface area contributed by atoms with E-state index in [0.717, 1.165) is 22.3 Å². The fourth-order valence-corrected chi connectivity index (χ4v) is 3.49. The van der Waals surface area contributed by atoms with Gasteiger partial charge in [-0.2, -0.15) is 5.10 Å². The van der Waals surface area contributed by atoms with E-state index in [1.165, 1.54) is 17.1 Å². The summed E-state index contributed by atoms with van der Waals surface area (Å²) in [4.78, 5) is 12.1. The van der Waals surface area contributed by atoms with Gasteiger partial charge in [-0.1, -0.05) is 17.7 Å². The van der Waals surface area contributed by atoms with Crippen molar-refractivity contribution in [3.05, 3.63) is 46.8 Å². The summed E-state index contributed by atoms with van der Waals surface area (Å²) in [6.07, 6.45) is 2.67. The van der Waals surface area contributed by atoms with Crippen molar-refractivity contribution in [2.75, 3.05) is 0 Å². The highest BCUT2D eigenvalue weighted by Gasteiger charge is 2.20. The predicted molar refractivity (Wildman–Crippen MR) is 87.6 cm³/mol. The van der Waals surface area contributed by atoms with Crippen LogP contribution in [-0.2, 0) is 27.8 Å². The summed E-state index contributed by atoms with van der Waals surface area (Å²) in [7, 11) is -3.89. The van der Waals surface area contributed by atoms with E-state index < -0.39 is 15.9 Å². The van der Waals surface area contributed by atoms with Crippen LogP contribution in [-0.4, -0.2) is 24.1 Å². The zero-order valence-electron chi connectivity index (χ0n) is 13.8. The van der Waals surface area contributed by atoms with Crippen molar-refractivity contribution >= 4 is 15.9 Å². The second kappa shape index (κ2) is 6.54. The average molecular weight is 335 g/mol. The predicted octanol–water partition coefficient (Wildman–Crippen LogP) is 1.88. The van der Waals surface area contributed by atoms with E-state index >= 15 is 0 Å². The number of carbonyl (C=O) groups is 1. The number of amides is 1. The SMILES string of the molecule is CCn1cc(S(=O)(=O)NC(=O)Cc2c(C)cc(C)cc2C)cn1. The lowest BCUT2D eigenvalue weighted by molar-refractivity contribution is -0.118. The molecule has 0 saturated heterocycles. The molecule has 2 aromatic rings. The highest BCUT2D eigenvalue weighted by molar-refractivity contribution is 7.90. The Morgan fingerprint density at radius 2 is 1.83 bits per heavy atom. The molecule has 0 radical (unpaired) electrons. The number of aromatic nitrogens is 2. The van der Waals surface area contributed by atoms with Crippen LogP contribution in [0.3, 0.4) is 0 Å².